The molecule has 0 spiro atoms. The van der Waals surface area contributed by atoms with Gasteiger partial charge in [-0.2, -0.15) is 0 Å². The number of aromatic nitrogens is 1. The lowest BCUT2D eigenvalue weighted by Gasteiger charge is -2.31. The summed E-state index contributed by atoms with van der Waals surface area (Å²) in [4.78, 5) is 3.41. The number of aromatic hydroxyl groups is 1. The molecule has 1 unspecified atom stereocenters. The number of fused-ring (bicyclic) bond motifs is 4. The molecule has 26 heavy (non-hydrogen) atoms. The Labute approximate surface area is 154 Å². The van der Waals surface area contributed by atoms with Crippen LogP contribution in [0.15, 0.2) is 42.0 Å². The van der Waals surface area contributed by atoms with Gasteiger partial charge in [-0.25, -0.2) is 0 Å². The van der Waals surface area contributed by atoms with Crippen LogP contribution in [0.3, 0.4) is 0 Å². The Morgan fingerprint density at radius 2 is 1.88 bits per heavy atom. The molecule has 0 aliphatic carbocycles. The van der Waals surface area contributed by atoms with Crippen molar-refractivity contribution < 1.29 is 9.84 Å². The van der Waals surface area contributed by atoms with Gasteiger partial charge in [-0.3, -0.25) is 0 Å². The molecule has 1 atom stereocenters. The van der Waals surface area contributed by atoms with Crippen LogP contribution in [0.4, 0.5) is 0 Å². The summed E-state index contributed by atoms with van der Waals surface area (Å²) in [7, 11) is 0. The molecule has 3 heteroatoms. The summed E-state index contributed by atoms with van der Waals surface area (Å²) in [5, 5.41) is 12.3. The molecule has 0 amide bonds. The Kier molecular flexibility index (Phi) is 3.83. The highest BCUT2D eigenvalue weighted by Gasteiger charge is 2.27. The van der Waals surface area contributed by atoms with E-state index in [4.69, 9.17) is 4.74 Å². The summed E-state index contributed by atoms with van der Waals surface area (Å²) < 4.78 is 6.37. The van der Waals surface area contributed by atoms with E-state index in [1.165, 1.54) is 5.57 Å². The predicted octanol–water partition coefficient (Wildman–Crippen LogP) is 6.25. The molecule has 3 aromatic rings. The molecule has 1 aromatic heterocycles. The number of allylic oxidation sites excluding steroid dienone is 2. The van der Waals surface area contributed by atoms with Crippen molar-refractivity contribution in [3.05, 3.63) is 53.1 Å². The van der Waals surface area contributed by atoms with E-state index < -0.39 is 0 Å². The highest BCUT2D eigenvalue weighted by Crippen LogP contribution is 2.39. The third-order valence-corrected chi connectivity index (χ3v) is 5.20. The first kappa shape index (κ1) is 16.8. The maximum Gasteiger partial charge on any atom is 0.129 e. The number of nitrogens with one attached hydrogen (secondary N) is 1. The first-order valence-electron chi connectivity index (χ1n) is 9.15. The Morgan fingerprint density at radius 3 is 2.65 bits per heavy atom. The van der Waals surface area contributed by atoms with Crippen LogP contribution in [0.2, 0.25) is 0 Å². The van der Waals surface area contributed by atoms with E-state index >= 15 is 0 Å². The summed E-state index contributed by atoms with van der Waals surface area (Å²) in [5.74, 6) is 1.23. The number of hydrogen-bond acceptors (Lipinski definition) is 2. The van der Waals surface area contributed by atoms with Gasteiger partial charge in [0.25, 0.3) is 0 Å². The topological polar surface area (TPSA) is 45.2 Å². The molecular formula is C23H25NO2. The third-order valence-electron chi connectivity index (χ3n) is 5.20. The predicted molar refractivity (Wildman–Crippen MR) is 109 cm³/mol. The summed E-state index contributed by atoms with van der Waals surface area (Å²) in [6, 6.07) is 8.09. The van der Waals surface area contributed by atoms with Crippen LogP contribution < -0.4 is 4.74 Å². The minimum Gasteiger partial charge on any atom is -0.508 e. The lowest BCUT2D eigenvalue weighted by atomic mass is 9.94. The zero-order valence-corrected chi connectivity index (χ0v) is 15.8. The van der Waals surface area contributed by atoms with Gasteiger partial charge < -0.3 is 14.8 Å². The number of benzene rings is 2. The SMILES string of the molecule is CC(C)=CCCC1(C)C=Cc2cc3c(cc2O1)[nH]c1cc(O)c(C)cc13. The van der Waals surface area contributed by atoms with Crippen LogP contribution in [0.25, 0.3) is 27.9 Å². The van der Waals surface area contributed by atoms with E-state index in [0.29, 0.717) is 5.75 Å². The zero-order chi connectivity index (χ0) is 18.5. The van der Waals surface area contributed by atoms with Crippen molar-refractivity contribution in [2.75, 3.05) is 0 Å². The molecular weight excluding hydrogens is 322 g/mol. The first-order chi connectivity index (χ1) is 12.3. The molecule has 0 bridgehead atoms. The van der Waals surface area contributed by atoms with Gasteiger partial charge in [-0.15, -0.1) is 0 Å². The van der Waals surface area contributed by atoms with Crippen molar-refractivity contribution in [1.29, 1.82) is 0 Å². The quantitative estimate of drug-likeness (QED) is 0.550. The largest absolute Gasteiger partial charge is 0.508 e. The third kappa shape index (κ3) is 2.88. The van der Waals surface area contributed by atoms with Crippen LogP contribution in [-0.4, -0.2) is 15.7 Å². The maximum absolute atomic E-state index is 9.98. The molecule has 0 saturated heterocycles. The summed E-state index contributed by atoms with van der Waals surface area (Å²) in [5.41, 5.74) is 5.02. The maximum atomic E-state index is 9.98. The Balaban J connectivity index is 1.74. The fraction of sp³-hybridized carbons (Fsp3) is 0.304. The normalized spacial score (nSPS) is 18.8. The molecule has 0 saturated carbocycles. The van der Waals surface area contributed by atoms with Crippen LogP contribution in [0.5, 0.6) is 11.5 Å². The second kappa shape index (κ2) is 5.94. The van der Waals surface area contributed by atoms with Gasteiger partial charge in [0.05, 0.1) is 11.0 Å². The fourth-order valence-corrected chi connectivity index (χ4v) is 3.64. The second-order valence-electron chi connectivity index (χ2n) is 7.81. The monoisotopic (exact) mass is 347 g/mol. The molecule has 3 nitrogen and oxygen atoms in total. The highest BCUT2D eigenvalue weighted by atomic mass is 16.5. The van der Waals surface area contributed by atoms with Crippen molar-refractivity contribution >= 4 is 27.9 Å². The van der Waals surface area contributed by atoms with Crippen molar-refractivity contribution in [2.45, 2.75) is 46.1 Å². The Morgan fingerprint density at radius 1 is 1.15 bits per heavy atom. The summed E-state index contributed by atoms with van der Waals surface area (Å²) in [6.07, 6.45) is 8.56. The van der Waals surface area contributed by atoms with Crippen LogP contribution in [0, 0.1) is 6.92 Å². The van der Waals surface area contributed by atoms with E-state index in [2.05, 4.69) is 56.1 Å². The molecule has 2 heterocycles. The molecule has 134 valence electrons. The van der Waals surface area contributed by atoms with Crippen molar-refractivity contribution in [3.8, 4) is 11.5 Å². The van der Waals surface area contributed by atoms with E-state index in [9.17, 15) is 5.11 Å². The van der Waals surface area contributed by atoms with Gasteiger partial charge in [0.15, 0.2) is 0 Å². The van der Waals surface area contributed by atoms with Crippen molar-refractivity contribution in [1.82, 2.24) is 4.98 Å². The van der Waals surface area contributed by atoms with Gasteiger partial charge in [0, 0.05) is 28.5 Å². The van der Waals surface area contributed by atoms with Gasteiger partial charge in [-0.1, -0.05) is 17.7 Å². The van der Waals surface area contributed by atoms with E-state index in [-0.39, 0.29) is 5.60 Å². The lowest BCUT2D eigenvalue weighted by Crippen LogP contribution is -2.31. The lowest BCUT2D eigenvalue weighted by molar-refractivity contribution is 0.129. The first-order valence-corrected chi connectivity index (χ1v) is 9.15. The highest BCUT2D eigenvalue weighted by molar-refractivity contribution is 6.09. The molecule has 4 rings (SSSR count). The summed E-state index contributed by atoms with van der Waals surface area (Å²) >= 11 is 0. The zero-order valence-electron chi connectivity index (χ0n) is 15.8. The molecule has 2 N–H and O–H groups in total. The standard InChI is InChI=1S/C23H25NO2/c1-14(2)6-5-8-23(4)9-7-16-11-18-17-10-15(3)21(25)12-19(17)24-20(18)13-22(16)26-23/h6-7,9-13,24-25H,5,8H2,1-4H3. The fourth-order valence-electron chi connectivity index (χ4n) is 3.64. The molecule has 1 aliphatic rings. The minimum atomic E-state index is -0.284. The second-order valence-corrected chi connectivity index (χ2v) is 7.81. The minimum absolute atomic E-state index is 0.284. The van der Waals surface area contributed by atoms with Gasteiger partial charge >= 0.3 is 0 Å². The number of hydrogen-bond donors (Lipinski definition) is 2. The number of aryl methyl sites for hydroxylation is 1. The van der Waals surface area contributed by atoms with Crippen LogP contribution in [-0.2, 0) is 0 Å². The van der Waals surface area contributed by atoms with E-state index in [0.717, 1.165) is 51.5 Å². The van der Waals surface area contributed by atoms with Crippen molar-refractivity contribution in [2.24, 2.45) is 0 Å². The average Bonchev–Trinajstić information content (AvgIpc) is 2.89. The van der Waals surface area contributed by atoms with Crippen LogP contribution >= 0.6 is 0 Å². The summed E-state index contributed by atoms with van der Waals surface area (Å²) in [6.45, 7) is 8.32. The van der Waals surface area contributed by atoms with Crippen LogP contribution in [0.1, 0.15) is 44.7 Å². The van der Waals surface area contributed by atoms with Gasteiger partial charge in [-0.05, 0) is 64.3 Å². The number of phenolic OH excluding ortho intramolecular Hbond substituents is 1. The van der Waals surface area contributed by atoms with E-state index in [1.54, 1.807) is 6.07 Å². The molecule has 0 radical (unpaired) electrons. The molecule has 2 aromatic carbocycles. The molecule has 0 fully saturated rings. The van der Waals surface area contributed by atoms with E-state index in [1.807, 2.05) is 13.0 Å². The van der Waals surface area contributed by atoms with Crippen molar-refractivity contribution in [3.63, 3.8) is 0 Å². The number of aromatic amines is 1. The Hall–Kier alpha value is -2.68. The number of ether oxygens (including phenoxy) is 1. The Bertz CT molecular complexity index is 1070. The molecule has 1 aliphatic heterocycles. The number of H-pyrrole nitrogens is 1. The average molecular weight is 347 g/mol. The van der Waals surface area contributed by atoms with Gasteiger partial charge in [0.2, 0.25) is 0 Å². The van der Waals surface area contributed by atoms with Gasteiger partial charge in [0.1, 0.15) is 17.1 Å². The number of rotatable bonds is 3. The number of phenols is 1. The smallest absolute Gasteiger partial charge is 0.129 e.